The number of pyridine rings is 1. The first kappa shape index (κ1) is 24.8. The number of nitrogens with one attached hydrogen (secondary N) is 1. The van der Waals surface area contributed by atoms with Crippen molar-refractivity contribution in [1.82, 2.24) is 25.2 Å². The van der Waals surface area contributed by atoms with E-state index in [2.05, 4.69) is 20.3 Å². The number of hydrogen-bond donors (Lipinski definition) is 2. The third-order valence-corrected chi connectivity index (χ3v) is 6.32. The average molecular weight is 488 g/mol. The zero-order valence-corrected chi connectivity index (χ0v) is 20.5. The smallest absolute Gasteiger partial charge is 0.325 e. The normalized spacial score (nSPS) is 17.8. The first-order chi connectivity index (χ1) is 17.3. The van der Waals surface area contributed by atoms with Crippen molar-refractivity contribution in [2.45, 2.75) is 38.8 Å². The number of hydrogen-bond acceptors (Lipinski definition) is 7. The van der Waals surface area contributed by atoms with Gasteiger partial charge in [-0.3, -0.25) is 19.4 Å². The molecule has 1 aliphatic heterocycles. The molecule has 1 aliphatic rings. The van der Waals surface area contributed by atoms with Gasteiger partial charge in [-0.15, -0.1) is 0 Å². The second-order valence-electron chi connectivity index (χ2n) is 8.82. The first-order valence-corrected chi connectivity index (χ1v) is 11.7. The minimum atomic E-state index is -1.02. The molecule has 4 amide bonds. The fourth-order valence-electron chi connectivity index (χ4n) is 4.42. The number of β-lactam (4-membered cyclic amide) rings is 1. The summed E-state index contributed by atoms with van der Waals surface area (Å²) in [7, 11) is 1.53. The SMILES string of the molecule is CC[C@@H](NC(=O)N1C(=O)[C@H](Cc2ccnc(N)c2)[C@H]1C(=O)N(C)c1ncccn1)c1cccc(C)c1. The van der Waals surface area contributed by atoms with Crippen molar-refractivity contribution in [2.24, 2.45) is 5.92 Å². The molecule has 0 spiro atoms. The highest BCUT2D eigenvalue weighted by atomic mass is 16.2. The van der Waals surface area contributed by atoms with Gasteiger partial charge in [0.2, 0.25) is 11.9 Å². The molecule has 1 fully saturated rings. The largest absolute Gasteiger partial charge is 0.384 e. The molecule has 1 saturated heterocycles. The fraction of sp³-hybridized carbons (Fsp3) is 0.308. The minimum Gasteiger partial charge on any atom is -0.384 e. The number of imide groups is 1. The number of likely N-dealkylation sites (tertiary alicyclic amines) is 1. The van der Waals surface area contributed by atoms with E-state index in [-0.39, 0.29) is 18.4 Å². The molecule has 0 aliphatic carbocycles. The molecule has 3 atom stereocenters. The maximum atomic E-state index is 13.6. The van der Waals surface area contributed by atoms with Gasteiger partial charge in [-0.05, 0) is 49.1 Å². The Bertz CT molecular complexity index is 1270. The van der Waals surface area contributed by atoms with E-state index in [9.17, 15) is 14.4 Å². The van der Waals surface area contributed by atoms with E-state index in [1.54, 1.807) is 24.4 Å². The number of nitrogen functional groups attached to an aromatic ring is 1. The maximum Gasteiger partial charge on any atom is 0.325 e. The summed E-state index contributed by atoms with van der Waals surface area (Å²) in [5.74, 6) is -1.12. The Balaban J connectivity index is 1.60. The number of aromatic nitrogens is 3. The molecule has 0 bridgehead atoms. The van der Waals surface area contributed by atoms with E-state index < -0.39 is 29.8 Å². The Morgan fingerprint density at radius 1 is 1.11 bits per heavy atom. The molecule has 0 unspecified atom stereocenters. The standard InChI is InChI=1S/C26H29N7O3/c1-4-20(18-8-5-7-16(2)13-18)31-26(36)33-22(24(35)32(3)25-29-10-6-11-30-25)19(23(33)34)14-17-9-12-28-21(27)15-17/h5-13,15,19-20,22H,4,14H2,1-3H3,(H2,27,28)(H,31,36)/t19-,20-,22+/m1/s1. The number of carbonyl (C=O) groups excluding carboxylic acids is 3. The van der Waals surface area contributed by atoms with Crippen LogP contribution in [0.4, 0.5) is 16.6 Å². The van der Waals surface area contributed by atoms with Crippen LogP contribution in [0.3, 0.4) is 0 Å². The number of rotatable bonds is 7. The van der Waals surface area contributed by atoms with Gasteiger partial charge in [-0.25, -0.2) is 19.7 Å². The van der Waals surface area contributed by atoms with Gasteiger partial charge in [0.25, 0.3) is 5.91 Å². The van der Waals surface area contributed by atoms with Crippen LogP contribution in [0.1, 0.15) is 36.1 Å². The van der Waals surface area contributed by atoms with Crippen molar-refractivity contribution in [3.63, 3.8) is 0 Å². The summed E-state index contributed by atoms with van der Waals surface area (Å²) in [4.78, 5) is 54.7. The highest BCUT2D eigenvalue weighted by molar-refractivity contribution is 6.12. The number of aryl methyl sites for hydroxylation is 1. The van der Waals surface area contributed by atoms with E-state index in [1.165, 1.54) is 24.3 Å². The lowest BCUT2D eigenvalue weighted by molar-refractivity contribution is -0.156. The molecular formula is C26H29N7O3. The lowest BCUT2D eigenvalue weighted by Gasteiger charge is -2.45. The predicted molar refractivity (Wildman–Crippen MR) is 135 cm³/mol. The highest BCUT2D eigenvalue weighted by Crippen LogP contribution is 2.33. The summed E-state index contributed by atoms with van der Waals surface area (Å²) >= 11 is 0. The third kappa shape index (κ3) is 5.02. The summed E-state index contributed by atoms with van der Waals surface area (Å²) in [6.45, 7) is 3.93. The van der Waals surface area contributed by atoms with Crippen LogP contribution >= 0.6 is 0 Å². The molecule has 1 aromatic carbocycles. The number of benzene rings is 1. The van der Waals surface area contributed by atoms with E-state index in [0.717, 1.165) is 21.6 Å². The first-order valence-electron chi connectivity index (χ1n) is 11.7. The monoisotopic (exact) mass is 487 g/mol. The summed E-state index contributed by atoms with van der Waals surface area (Å²) in [5.41, 5.74) is 8.54. The molecule has 3 N–H and O–H groups in total. The number of nitrogens with two attached hydrogens (primary N) is 1. The molecule has 0 radical (unpaired) electrons. The van der Waals surface area contributed by atoms with Crippen LogP contribution in [0.25, 0.3) is 0 Å². The Morgan fingerprint density at radius 3 is 2.53 bits per heavy atom. The Labute approximate surface area is 209 Å². The van der Waals surface area contributed by atoms with Crippen LogP contribution in [0.15, 0.2) is 61.1 Å². The Morgan fingerprint density at radius 2 is 1.86 bits per heavy atom. The van der Waals surface area contributed by atoms with Gasteiger partial charge in [0.15, 0.2) is 0 Å². The van der Waals surface area contributed by atoms with Crippen molar-refractivity contribution in [3.8, 4) is 0 Å². The van der Waals surface area contributed by atoms with Gasteiger partial charge < -0.3 is 11.1 Å². The number of amides is 4. The number of anilines is 2. The topological polar surface area (TPSA) is 134 Å². The summed E-state index contributed by atoms with van der Waals surface area (Å²) in [6.07, 6.45) is 5.45. The van der Waals surface area contributed by atoms with Gasteiger partial charge in [0.05, 0.1) is 12.0 Å². The number of likely N-dealkylation sites (N-methyl/N-ethyl adjacent to an activating group) is 1. The number of urea groups is 1. The van der Waals surface area contributed by atoms with Crippen molar-refractivity contribution in [1.29, 1.82) is 0 Å². The van der Waals surface area contributed by atoms with Crippen molar-refractivity contribution in [3.05, 3.63) is 77.7 Å². The van der Waals surface area contributed by atoms with Crippen molar-refractivity contribution >= 4 is 29.6 Å². The highest BCUT2D eigenvalue weighted by Gasteiger charge is 2.55. The molecule has 10 nitrogen and oxygen atoms in total. The molecule has 0 saturated carbocycles. The van der Waals surface area contributed by atoms with Crippen LogP contribution in [-0.4, -0.2) is 50.8 Å². The molecule has 36 heavy (non-hydrogen) atoms. The van der Waals surface area contributed by atoms with Crippen LogP contribution in [0, 0.1) is 12.8 Å². The van der Waals surface area contributed by atoms with E-state index in [1.807, 2.05) is 38.1 Å². The molecule has 186 valence electrons. The average Bonchev–Trinajstić information content (AvgIpc) is 2.88. The van der Waals surface area contributed by atoms with Gasteiger partial charge in [-0.1, -0.05) is 36.8 Å². The minimum absolute atomic E-state index is 0.181. The van der Waals surface area contributed by atoms with Crippen LogP contribution in [0.5, 0.6) is 0 Å². The van der Waals surface area contributed by atoms with Crippen LogP contribution in [-0.2, 0) is 16.0 Å². The molecule has 3 heterocycles. The lowest BCUT2D eigenvalue weighted by Crippen LogP contribution is -2.70. The molecule has 4 rings (SSSR count). The summed E-state index contributed by atoms with van der Waals surface area (Å²) in [5, 5.41) is 2.93. The molecule has 3 aromatic rings. The second kappa shape index (κ2) is 10.5. The number of nitrogens with zero attached hydrogens (tertiary/aromatic N) is 5. The van der Waals surface area contributed by atoms with Gasteiger partial charge in [0.1, 0.15) is 11.9 Å². The number of carbonyl (C=O) groups is 3. The van der Waals surface area contributed by atoms with Gasteiger partial charge in [-0.2, -0.15) is 0 Å². The summed E-state index contributed by atoms with van der Waals surface area (Å²) in [6, 6.07) is 10.9. The van der Waals surface area contributed by atoms with Gasteiger partial charge >= 0.3 is 6.03 Å². The third-order valence-electron chi connectivity index (χ3n) is 6.32. The quantitative estimate of drug-likeness (QED) is 0.489. The summed E-state index contributed by atoms with van der Waals surface area (Å²) < 4.78 is 0. The van der Waals surface area contributed by atoms with Crippen molar-refractivity contribution in [2.75, 3.05) is 17.7 Å². The zero-order valence-electron chi connectivity index (χ0n) is 20.5. The molecular weight excluding hydrogens is 458 g/mol. The van der Waals surface area contributed by atoms with E-state index in [0.29, 0.717) is 12.2 Å². The van der Waals surface area contributed by atoms with E-state index in [4.69, 9.17) is 5.73 Å². The molecule has 10 heteroatoms. The maximum absolute atomic E-state index is 13.6. The predicted octanol–water partition coefficient (Wildman–Crippen LogP) is 2.66. The van der Waals surface area contributed by atoms with Gasteiger partial charge in [0, 0.05) is 25.6 Å². The van der Waals surface area contributed by atoms with E-state index >= 15 is 0 Å². The van der Waals surface area contributed by atoms with Crippen LogP contribution < -0.4 is 16.0 Å². The zero-order chi connectivity index (χ0) is 25.8. The van der Waals surface area contributed by atoms with Crippen LogP contribution in [0.2, 0.25) is 0 Å². The second-order valence-corrected chi connectivity index (χ2v) is 8.82. The van der Waals surface area contributed by atoms with Crippen molar-refractivity contribution < 1.29 is 14.4 Å². The Kier molecular flexibility index (Phi) is 7.23. The lowest BCUT2D eigenvalue weighted by atomic mass is 9.81. The fourth-order valence-corrected chi connectivity index (χ4v) is 4.42. The molecule has 2 aromatic heterocycles. The Hall–Kier alpha value is -4.34.